The van der Waals surface area contributed by atoms with Crippen molar-refractivity contribution in [1.29, 1.82) is 0 Å². The fraction of sp³-hybridized carbons (Fsp3) is 0.350. The second kappa shape index (κ2) is 8.96. The first-order valence-corrected chi connectivity index (χ1v) is 8.26. The van der Waals surface area contributed by atoms with Gasteiger partial charge >= 0.3 is 0 Å². The number of rotatable bonds is 6. The number of benzene rings is 2. The predicted molar refractivity (Wildman–Crippen MR) is 101 cm³/mol. The van der Waals surface area contributed by atoms with Gasteiger partial charge in [-0.15, -0.1) is 0 Å². The molecule has 1 atom stereocenters. The van der Waals surface area contributed by atoms with E-state index in [2.05, 4.69) is 65.9 Å². The van der Waals surface area contributed by atoms with Crippen LogP contribution in [-0.4, -0.2) is 26.7 Å². The summed E-state index contributed by atoms with van der Waals surface area (Å²) >= 11 is 0. The van der Waals surface area contributed by atoms with Crippen molar-refractivity contribution in [2.75, 3.05) is 20.7 Å². The number of ether oxygens (including phenoxy) is 1. The molecule has 2 rings (SSSR count). The Morgan fingerprint density at radius 3 is 2.50 bits per heavy atom. The predicted octanol–water partition coefficient (Wildman–Crippen LogP) is 3.47. The van der Waals surface area contributed by atoms with Crippen LogP contribution < -0.4 is 15.4 Å². The molecule has 4 heteroatoms. The van der Waals surface area contributed by atoms with E-state index in [1.807, 2.05) is 12.1 Å². The highest BCUT2D eigenvalue weighted by atomic mass is 16.5. The molecule has 0 saturated heterocycles. The van der Waals surface area contributed by atoms with E-state index in [1.165, 1.54) is 16.7 Å². The number of aliphatic imine (C=N–C) groups is 1. The Balaban J connectivity index is 1.83. The molecule has 4 nitrogen and oxygen atoms in total. The fourth-order valence-electron chi connectivity index (χ4n) is 2.49. The molecule has 0 saturated carbocycles. The van der Waals surface area contributed by atoms with Gasteiger partial charge in [-0.25, -0.2) is 0 Å². The van der Waals surface area contributed by atoms with E-state index in [1.54, 1.807) is 14.2 Å². The van der Waals surface area contributed by atoms with Gasteiger partial charge < -0.3 is 15.4 Å². The molecule has 2 aromatic rings. The highest BCUT2D eigenvalue weighted by Gasteiger charge is 2.07. The summed E-state index contributed by atoms with van der Waals surface area (Å²) in [5.74, 6) is 2.10. The third-order valence-corrected chi connectivity index (χ3v) is 4.03. The molecular formula is C20H27N3O. The van der Waals surface area contributed by atoms with E-state index in [0.717, 1.165) is 24.8 Å². The highest BCUT2D eigenvalue weighted by Crippen LogP contribution is 2.15. The molecule has 0 aliphatic rings. The molecule has 128 valence electrons. The van der Waals surface area contributed by atoms with Crippen molar-refractivity contribution in [2.45, 2.75) is 26.3 Å². The van der Waals surface area contributed by atoms with Crippen LogP contribution in [0.15, 0.2) is 53.5 Å². The van der Waals surface area contributed by atoms with Crippen molar-refractivity contribution in [3.63, 3.8) is 0 Å². The maximum atomic E-state index is 5.17. The summed E-state index contributed by atoms with van der Waals surface area (Å²) in [6.07, 6.45) is 0. The SMILES string of the molecule is CN=C(NCc1ccc(OC)cc1)NCC(C)c1cccc(C)c1. The van der Waals surface area contributed by atoms with Crippen LogP contribution in [0.2, 0.25) is 0 Å². The summed E-state index contributed by atoms with van der Waals surface area (Å²) < 4.78 is 5.17. The van der Waals surface area contributed by atoms with E-state index in [9.17, 15) is 0 Å². The second-order valence-corrected chi connectivity index (χ2v) is 5.97. The number of nitrogens with zero attached hydrogens (tertiary/aromatic N) is 1. The molecule has 0 aromatic heterocycles. The van der Waals surface area contributed by atoms with Crippen LogP contribution in [0.1, 0.15) is 29.5 Å². The molecule has 0 fully saturated rings. The normalized spacial score (nSPS) is 12.6. The molecule has 0 heterocycles. The molecule has 0 amide bonds. The van der Waals surface area contributed by atoms with Gasteiger partial charge in [0, 0.05) is 20.1 Å². The number of aryl methyl sites for hydroxylation is 1. The second-order valence-electron chi connectivity index (χ2n) is 5.97. The number of hydrogen-bond donors (Lipinski definition) is 2. The van der Waals surface area contributed by atoms with E-state index in [0.29, 0.717) is 5.92 Å². The van der Waals surface area contributed by atoms with Gasteiger partial charge in [-0.3, -0.25) is 4.99 Å². The van der Waals surface area contributed by atoms with Crippen LogP contribution in [-0.2, 0) is 6.54 Å². The standard InChI is InChI=1S/C20H27N3O/c1-15-6-5-7-18(12-15)16(2)13-22-20(21-3)23-14-17-8-10-19(24-4)11-9-17/h5-12,16H,13-14H2,1-4H3,(H2,21,22,23). The quantitative estimate of drug-likeness (QED) is 0.631. The highest BCUT2D eigenvalue weighted by molar-refractivity contribution is 5.79. The summed E-state index contributed by atoms with van der Waals surface area (Å²) in [4.78, 5) is 4.29. The summed E-state index contributed by atoms with van der Waals surface area (Å²) in [6.45, 7) is 5.91. The fourth-order valence-corrected chi connectivity index (χ4v) is 2.49. The Morgan fingerprint density at radius 2 is 1.88 bits per heavy atom. The maximum absolute atomic E-state index is 5.17. The summed E-state index contributed by atoms with van der Waals surface area (Å²) in [5, 5.41) is 6.73. The first-order chi connectivity index (χ1) is 11.6. The number of nitrogens with one attached hydrogen (secondary N) is 2. The monoisotopic (exact) mass is 325 g/mol. The van der Waals surface area contributed by atoms with Crippen LogP contribution in [0.4, 0.5) is 0 Å². The van der Waals surface area contributed by atoms with E-state index < -0.39 is 0 Å². The minimum atomic E-state index is 0.421. The Bertz CT molecular complexity index is 665. The molecular weight excluding hydrogens is 298 g/mol. The Kier molecular flexibility index (Phi) is 6.67. The number of hydrogen-bond acceptors (Lipinski definition) is 2. The molecule has 0 aliphatic carbocycles. The van der Waals surface area contributed by atoms with Crippen molar-refractivity contribution < 1.29 is 4.74 Å². The zero-order valence-electron chi connectivity index (χ0n) is 15.0. The van der Waals surface area contributed by atoms with Gasteiger partial charge in [-0.05, 0) is 36.1 Å². The van der Waals surface area contributed by atoms with Crippen molar-refractivity contribution >= 4 is 5.96 Å². The molecule has 0 bridgehead atoms. The molecule has 2 N–H and O–H groups in total. The smallest absolute Gasteiger partial charge is 0.191 e. The minimum Gasteiger partial charge on any atom is -0.497 e. The van der Waals surface area contributed by atoms with Gasteiger partial charge in [-0.2, -0.15) is 0 Å². The number of guanidine groups is 1. The summed E-state index contributed by atoms with van der Waals surface area (Å²) in [6, 6.07) is 16.7. The largest absolute Gasteiger partial charge is 0.497 e. The van der Waals surface area contributed by atoms with Gasteiger partial charge in [-0.1, -0.05) is 48.9 Å². The van der Waals surface area contributed by atoms with E-state index >= 15 is 0 Å². The van der Waals surface area contributed by atoms with Gasteiger partial charge in [0.05, 0.1) is 7.11 Å². The topological polar surface area (TPSA) is 45.7 Å². The van der Waals surface area contributed by atoms with Gasteiger partial charge in [0.2, 0.25) is 0 Å². The Hall–Kier alpha value is -2.49. The summed E-state index contributed by atoms with van der Waals surface area (Å²) in [5.41, 5.74) is 3.82. The van der Waals surface area contributed by atoms with Crippen molar-refractivity contribution in [1.82, 2.24) is 10.6 Å². The maximum Gasteiger partial charge on any atom is 0.191 e. The lowest BCUT2D eigenvalue weighted by Crippen LogP contribution is -2.38. The zero-order valence-corrected chi connectivity index (χ0v) is 15.0. The lowest BCUT2D eigenvalue weighted by molar-refractivity contribution is 0.414. The van der Waals surface area contributed by atoms with Gasteiger partial charge in [0.1, 0.15) is 5.75 Å². The van der Waals surface area contributed by atoms with Crippen LogP contribution in [0, 0.1) is 6.92 Å². The first kappa shape index (κ1) is 17.9. The Morgan fingerprint density at radius 1 is 1.12 bits per heavy atom. The first-order valence-electron chi connectivity index (χ1n) is 8.26. The molecule has 0 radical (unpaired) electrons. The third kappa shape index (κ3) is 5.30. The lowest BCUT2D eigenvalue weighted by Gasteiger charge is -2.17. The molecule has 1 unspecified atom stereocenters. The lowest BCUT2D eigenvalue weighted by atomic mass is 9.99. The minimum absolute atomic E-state index is 0.421. The van der Waals surface area contributed by atoms with Crippen molar-refractivity contribution in [2.24, 2.45) is 4.99 Å². The average molecular weight is 325 g/mol. The van der Waals surface area contributed by atoms with Gasteiger partial charge in [0.25, 0.3) is 0 Å². The van der Waals surface area contributed by atoms with Crippen LogP contribution >= 0.6 is 0 Å². The number of methoxy groups -OCH3 is 1. The summed E-state index contributed by atoms with van der Waals surface area (Å²) in [7, 11) is 3.47. The van der Waals surface area contributed by atoms with E-state index in [-0.39, 0.29) is 0 Å². The molecule has 2 aromatic carbocycles. The van der Waals surface area contributed by atoms with Crippen LogP contribution in [0.3, 0.4) is 0 Å². The van der Waals surface area contributed by atoms with Crippen molar-refractivity contribution in [3.05, 3.63) is 65.2 Å². The molecule has 0 spiro atoms. The zero-order chi connectivity index (χ0) is 17.4. The van der Waals surface area contributed by atoms with Crippen LogP contribution in [0.25, 0.3) is 0 Å². The van der Waals surface area contributed by atoms with Gasteiger partial charge in [0.15, 0.2) is 5.96 Å². The average Bonchev–Trinajstić information content (AvgIpc) is 2.62. The third-order valence-electron chi connectivity index (χ3n) is 4.03. The molecule has 24 heavy (non-hydrogen) atoms. The van der Waals surface area contributed by atoms with Crippen LogP contribution in [0.5, 0.6) is 5.75 Å². The van der Waals surface area contributed by atoms with Crippen molar-refractivity contribution in [3.8, 4) is 5.75 Å². The van der Waals surface area contributed by atoms with E-state index in [4.69, 9.17) is 4.74 Å². The Labute approximate surface area is 145 Å². The molecule has 0 aliphatic heterocycles.